The van der Waals surface area contributed by atoms with Gasteiger partial charge in [0.1, 0.15) is 12.1 Å². The Labute approximate surface area is 170 Å². The molecule has 3 fully saturated rings. The van der Waals surface area contributed by atoms with Crippen LogP contribution in [0.15, 0.2) is 24.5 Å². The Bertz CT molecular complexity index is 738. The summed E-state index contributed by atoms with van der Waals surface area (Å²) in [5, 5.41) is 6.16. The zero-order chi connectivity index (χ0) is 18.9. The van der Waals surface area contributed by atoms with E-state index in [4.69, 9.17) is 0 Å². The molecule has 1 aliphatic carbocycles. The third-order valence-electron chi connectivity index (χ3n) is 5.88. The molecule has 9 heteroatoms. The van der Waals surface area contributed by atoms with Crippen LogP contribution in [0.3, 0.4) is 0 Å². The van der Waals surface area contributed by atoms with E-state index in [0.717, 1.165) is 29.7 Å². The van der Waals surface area contributed by atoms with E-state index in [0.29, 0.717) is 32.5 Å². The van der Waals surface area contributed by atoms with Gasteiger partial charge in [-0.05, 0) is 24.5 Å². The van der Waals surface area contributed by atoms with Crippen molar-refractivity contribution in [2.45, 2.75) is 43.7 Å². The SMILES string of the molecule is Cl.O=C1NC2(CCCCC2)C(=O)N1CC(=O)N1CCNCC1c1cccnc1. The lowest BCUT2D eigenvalue weighted by Gasteiger charge is -2.37. The number of carbonyl (C=O) groups is 3. The summed E-state index contributed by atoms with van der Waals surface area (Å²) in [5.74, 6) is -0.449. The number of hydrogen-bond acceptors (Lipinski definition) is 5. The number of piperazine rings is 1. The average molecular weight is 408 g/mol. The third-order valence-corrected chi connectivity index (χ3v) is 5.88. The first-order valence-corrected chi connectivity index (χ1v) is 9.65. The molecule has 0 radical (unpaired) electrons. The monoisotopic (exact) mass is 407 g/mol. The molecule has 3 heterocycles. The van der Waals surface area contributed by atoms with E-state index >= 15 is 0 Å². The molecule has 8 nitrogen and oxygen atoms in total. The molecule has 152 valence electrons. The number of rotatable bonds is 3. The van der Waals surface area contributed by atoms with Crippen LogP contribution in [0.1, 0.15) is 43.7 Å². The molecule has 4 amide bonds. The molecular formula is C19H26ClN5O3. The molecule has 0 aromatic carbocycles. The molecule has 28 heavy (non-hydrogen) atoms. The van der Waals surface area contributed by atoms with Crippen LogP contribution in [-0.4, -0.2) is 64.3 Å². The van der Waals surface area contributed by atoms with Crippen molar-refractivity contribution in [3.05, 3.63) is 30.1 Å². The predicted octanol–water partition coefficient (Wildman–Crippen LogP) is 1.23. The summed E-state index contributed by atoms with van der Waals surface area (Å²) >= 11 is 0. The number of amides is 4. The molecule has 2 N–H and O–H groups in total. The average Bonchev–Trinajstić information content (AvgIpc) is 2.93. The van der Waals surface area contributed by atoms with E-state index in [1.54, 1.807) is 17.3 Å². The number of urea groups is 1. The highest BCUT2D eigenvalue weighted by molar-refractivity contribution is 6.09. The molecule has 0 bridgehead atoms. The smallest absolute Gasteiger partial charge is 0.325 e. The van der Waals surface area contributed by atoms with Gasteiger partial charge in [-0.3, -0.25) is 19.5 Å². The second-order valence-corrected chi connectivity index (χ2v) is 7.56. The van der Waals surface area contributed by atoms with Gasteiger partial charge in [0.15, 0.2) is 0 Å². The molecule has 1 unspecified atom stereocenters. The summed E-state index contributed by atoms with van der Waals surface area (Å²) in [4.78, 5) is 45.3. The zero-order valence-corrected chi connectivity index (χ0v) is 16.5. The second-order valence-electron chi connectivity index (χ2n) is 7.56. The summed E-state index contributed by atoms with van der Waals surface area (Å²) in [5.41, 5.74) is 0.154. The van der Waals surface area contributed by atoms with E-state index in [1.165, 1.54) is 0 Å². The minimum Gasteiger partial charge on any atom is -0.331 e. The van der Waals surface area contributed by atoms with Crippen LogP contribution in [0.4, 0.5) is 4.79 Å². The molecule has 1 atom stereocenters. The van der Waals surface area contributed by atoms with Crippen LogP contribution in [0.5, 0.6) is 0 Å². The number of halogens is 1. The Balaban J connectivity index is 0.00000225. The highest BCUT2D eigenvalue weighted by atomic mass is 35.5. The lowest BCUT2D eigenvalue weighted by Crippen LogP contribution is -2.52. The van der Waals surface area contributed by atoms with Gasteiger partial charge in [-0.15, -0.1) is 12.4 Å². The fourth-order valence-corrected chi connectivity index (χ4v) is 4.41. The summed E-state index contributed by atoms with van der Waals surface area (Å²) in [6.45, 7) is 1.64. The van der Waals surface area contributed by atoms with Crippen molar-refractivity contribution in [3.63, 3.8) is 0 Å². The number of pyridine rings is 1. The second kappa shape index (κ2) is 8.45. The van der Waals surface area contributed by atoms with Gasteiger partial charge < -0.3 is 15.5 Å². The lowest BCUT2D eigenvalue weighted by atomic mass is 9.82. The molecule has 2 saturated heterocycles. The minimum atomic E-state index is -0.790. The molecule has 1 spiro atoms. The number of imide groups is 1. The maximum atomic E-state index is 13.0. The van der Waals surface area contributed by atoms with Crippen LogP contribution in [0.25, 0.3) is 0 Å². The van der Waals surface area contributed by atoms with Gasteiger partial charge in [0.2, 0.25) is 5.91 Å². The maximum absolute atomic E-state index is 13.0. The van der Waals surface area contributed by atoms with E-state index in [9.17, 15) is 14.4 Å². The third kappa shape index (κ3) is 3.71. The van der Waals surface area contributed by atoms with Crippen LogP contribution < -0.4 is 10.6 Å². The number of hydrogen-bond donors (Lipinski definition) is 2. The number of nitrogens with one attached hydrogen (secondary N) is 2. The Morgan fingerprint density at radius 3 is 2.75 bits per heavy atom. The topological polar surface area (TPSA) is 94.6 Å². The quantitative estimate of drug-likeness (QED) is 0.735. The molecular weight excluding hydrogens is 382 g/mol. The molecule has 1 saturated carbocycles. The summed E-state index contributed by atoms with van der Waals surface area (Å²) < 4.78 is 0. The van der Waals surface area contributed by atoms with Gasteiger partial charge in [0, 0.05) is 32.0 Å². The van der Waals surface area contributed by atoms with Crippen molar-refractivity contribution >= 4 is 30.3 Å². The maximum Gasteiger partial charge on any atom is 0.325 e. The summed E-state index contributed by atoms with van der Waals surface area (Å²) in [7, 11) is 0. The first-order valence-electron chi connectivity index (χ1n) is 9.65. The van der Waals surface area contributed by atoms with Crippen molar-refractivity contribution < 1.29 is 14.4 Å². The van der Waals surface area contributed by atoms with E-state index in [1.807, 2.05) is 12.1 Å². The standard InChI is InChI=1S/C19H25N5O3.ClH/c25-16(23-10-9-21-12-15(23)14-5-4-8-20-11-14)13-24-17(26)19(22-18(24)27)6-2-1-3-7-19;/h4-5,8,11,15,21H,1-3,6-7,9-10,12-13H2,(H,22,27);1H. The fourth-order valence-electron chi connectivity index (χ4n) is 4.41. The normalized spacial score (nSPS) is 24.1. The Hall–Kier alpha value is -2.19. The fraction of sp³-hybridized carbons (Fsp3) is 0.579. The highest BCUT2D eigenvalue weighted by Crippen LogP contribution is 2.33. The first-order chi connectivity index (χ1) is 13.1. The number of aromatic nitrogens is 1. The number of nitrogens with zero attached hydrogens (tertiary/aromatic N) is 3. The minimum absolute atomic E-state index is 0. The van der Waals surface area contributed by atoms with Crippen molar-refractivity contribution in [2.24, 2.45) is 0 Å². The van der Waals surface area contributed by atoms with Crippen molar-refractivity contribution in [2.75, 3.05) is 26.2 Å². The largest absolute Gasteiger partial charge is 0.331 e. The lowest BCUT2D eigenvalue weighted by molar-refractivity contribution is -0.141. The van der Waals surface area contributed by atoms with E-state index in [2.05, 4.69) is 15.6 Å². The van der Waals surface area contributed by atoms with Crippen molar-refractivity contribution in [1.82, 2.24) is 25.4 Å². The Kier molecular flexibility index (Phi) is 6.20. The van der Waals surface area contributed by atoms with Gasteiger partial charge in [-0.25, -0.2) is 4.79 Å². The van der Waals surface area contributed by atoms with Gasteiger partial charge >= 0.3 is 6.03 Å². The highest BCUT2D eigenvalue weighted by Gasteiger charge is 2.52. The number of carbonyl (C=O) groups excluding carboxylic acids is 3. The predicted molar refractivity (Wildman–Crippen MR) is 105 cm³/mol. The van der Waals surface area contributed by atoms with Crippen molar-refractivity contribution in [1.29, 1.82) is 0 Å². The molecule has 2 aliphatic heterocycles. The zero-order valence-electron chi connectivity index (χ0n) is 15.7. The van der Waals surface area contributed by atoms with Gasteiger partial charge in [0.25, 0.3) is 5.91 Å². The molecule has 4 rings (SSSR count). The van der Waals surface area contributed by atoms with Crippen LogP contribution >= 0.6 is 12.4 Å². The molecule has 1 aromatic rings. The Morgan fingerprint density at radius 2 is 2.04 bits per heavy atom. The Morgan fingerprint density at radius 1 is 1.25 bits per heavy atom. The summed E-state index contributed by atoms with van der Waals surface area (Å²) in [6, 6.07) is 3.19. The van der Waals surface area contributed by atoms with Gasteiger partial charge in [0.05, 0.1) is 6.04 Å². The summed E-state index contributed by atoms with van der Waals surface area (Å²) in [6.07, 6.45) is 7.70. The first kappa shape index (κ1) is 20.5. The molecule has 1 aromatic heterocycles. The van der Waals surface area contributed by atoms with Gasteiger partial charge in [-0.1, -0.05) is 25.3 Å². The van der Waals surface area contributed by atoms with Crippen LogP contribution in [-0.2, 0) is 9.59 Å². The van der Waals surface area contributed by atoms with E-state index in [-0.39, 0.29) is 36.8 Å². The van der Waals surface area contributed by atoms with Crippen LogP contribution in [0.2, 0.25) is 0 Å². The van der Waals surface area contributed by atoms with Crippen molar-refractivity contribution in [3.8, 4) is 0 Å². The van der Waals surface area contributed by atoms with E-state index < -0.39 is 11.6 Å². The van der Waals surface area contributed by atoms with Crippen LogP contribution in [0, 0.1) is 0 Å². The van der Waals surface area contributed by atoms with Gasteiger partial charge in [-0.2, -0.15) is 0 Å². The molecule has 3 aliphatic rings.